The Labute approximate surface area is 218 Å². The van der Waals surface area contributed by atoms with E-state index in [1.807, 2.05) is 48.5 Å². The van der Waals surface area contributed by atoms with E-state index in [9.17, 15) is 13.0 Å². The number of rotatable bonds is 7. The quantitative estimate of drug-likeness (QED) is 0.453. The van der Waals surface area contributed by atoms with Gasteiger partial charge in [0, 0.05) is 54.1 Å². The summed E-state index contributed by atoms with van der Waals surface area (Å²) >= 11 is 0. The van der Waals surface area contributed by atoms with Crippen LogP contribution in [0.1, 0.15) is 22.6 Å². The molecule has 1 aliphatic heterocycles. The van der Waals surface area contributed by atoms with E-state index in [1.165, 1.54) is 0 Å². The van der Waals surface area contributed by atoms with E-state index in [-0.39, 0.29) is 11.5 Å². The number of hydrogen-bond acceptors (Lipinski definition) is 8. The lowest BCUT2D eigenvalue weighted by molar-refractivity contribution is 0.410. The van der Waals surface area contributed by atoms with Crippen LogP contribution in [0.5, 0.6) is 5.75 Å². The number of fused-ring (bicyclic) bond motifs is 1. The summed E-state index contributed by atoms with van der Waals surface area (Å²) in [5.74, 6) is 2.40. The molecule has 3 aromatic rings. The van der Waals surface area contributed by atoms with Gasteiger partial charge in [-0.1, -0.05) is 30.4 Å². The molecule has 5 rings (SSSR count). The summed E-state index contributed by atoms with van der Waals surface area (Å²) in [5.41, 5.74) is 4.57. The zero-order chi connectivity index (χ0) is 26.2. The minimum atomic E-state index is -2.95. The SMILES string of the molecule is COc1cc(N2CCS(=O)(=O)CC2)ccc1Cc1nc2c(c(Nc3ccccc3P(C)(C)=O)n1)C=CC2. The fourth-order valence-electron chi connectivity index (χ4n) is 4.75. The Morgan fingerprint density at radius 1 is 1.08 bits per heavy atom. The molecule has 0 spiro atoms. The Hall–Kier alpha value is -3.16. The highest BCUT2D eigenvalue weighted by atomic mass is 32.2. The fourth-order valence-corrected chi connectivity index (χ4v) is 7.11. The van der Waals surface area contributed by atoms with Crippen LogP contribution in [-0.2, 0) is 27.2 Å². The fraction of sp³-hybridized carbons (Fsp3) is 0.333. The van der Waals surface area contributed by atoms with Crippen LogP contribution >= 0.6 is 7.14 Å². The van der Waals surface area contributed by atoms with Gasteiger partial charge in [-0.15, -0.1) is 0 Å². The van der Waals surface area contributed by atoms with Crippen molar-refractivity contribution in [2.75, 3.05) is 55.3 Å². The second kappa shape index (κ2) is 9.95. The maximum atomic E-state index is 12.9. The van der Waals surface area contributed by atoms with Crippen LogP contribution in [-0.4, -0.2) is 63.4 Å². The molecule has 1 aromatic heterocycles. The Kier molecular flexibility index (Phi) is 6.86. The van der Waals surface area contributed by atoms with E-state index in [1.54, 1.807) is 20.4 Å². The van der Waals surface area contributed by atoms with Crippen molar-refractivity contribution in [3.8, 4) is 5.75 Å². The number of allylic oxidation sites excluding steroid dienone is 1. The maximum Gasteiger partial charge on any atom is 0.153 e. The van der Waals surface area contributed by atoms with Crippen molar-refractivity contribution in [2.45, 2.75) is 12.8 Å². The molecule has 8 nitrogen and oxygen atoms in total. The minimum Gasteiger partial charge on any atom is -0.496 e. The first kappa shape index (κ1) is 25.5. The highest BCUT2D eigenvalue weighted by Crippen LogP contribution is 2.39. The molecule has 0 amide bonds. The first-order valence-corrected chi connectivity index (χ1v) is 16.7. The molecule has 1 aliphatic carbocycles. The van der Waals surface area contributed by atoms with Gasteiger partial charge in [-0.05, 0) is 31.5 Å². The van der Waals surface area contributed by atoms with Crippen LogP contribution in [0.4, 0.5) is 17.2 Å². The lowest BCUT2D eigenvalue weighted by atomic mass is 10.1. The molecule has 0 unspecified atom stereocenters. The average molecular weight is 539 g/mol. The van der Waals surface area contributed by atoms with E-state index in [2.05, 4.69) is 16.3 Å². The number of nitrogens with one attached hydrogen (secondary N) is 1. The maximum absolute atomic E-state index is 12.9. The van der Waals surface area contributed by atoms with Gasteiger partial charge in [-0.3, -0.25) is 0 Å². The topological polar surface area (TPSA) is 101 Å². The van der Waals surface area contributed by atoms with Gasteiger partial charge in [0.25, 0.3) is 0 Å². The van der Waals surface area contributed by atoms with Gasteiger partial charge in [0.2, 0.25) is 0 Å². The van der Waals surface area contributed by atoms with Gasteiger partial charge in [0.05, 0.1) is 30.0 Å². The molecular weight excluding hydrogens is 507 g/mol. The molecule has 194 valence electrons. The van der Waals surface area contributed by atoms with E-state index in [0.717, 1.165) is 39.9 Å². The summed E-state index contributed by atoms with van der Waals surface area (Å²) in [6.45, 7) is 4.49. The number of ether oxygens (including phenoxy) is 1. The normalized spacial score (nSPS) is 16.5. The van der Waals surface area contributed by atoms with Crippen molar-refractivity contribution in [1.82, 2.24) is 9.97 Å². The summed E-state index contributed by atoms with van der Waals surface area (Å²) in [7, 11) is -3.81. The molecule has 2 aromatic carbocycles. The first-order chi connectivity index (χ1) is 17.6. The monoisotopic (exact) mass is 538 g/mol. The Bertz CT molecular complexity index is 1520. The third-order valence-electron chi connectivity index (χ3n) is 6.73. The van der Waals surface area contributed by atoms with Crippen LogP contribution in [0.15, 0.2) is 48.5 Å². The van der Waals surface area contributed by atoms with Gasteiger partial charge in [-0.25, -0.2) is 18.4 Å². The smallest absolute Gasteiger partial charge is 0.153 e. The molecule has 1 N–H and O–H groups in total. The highest BCUT2D eigenvalue weighted by molar-refractivity contribution is 7.91. The van der Waals surface area contributed by atoms with Crippen molar-refractivity contribution in [3.05, 3.63) is 71.2 Å². The number of hydrogen-bond donors (Lipinski definition) is 1. The Morgan fingerprint density at radius 2 is 1.84 bits per heavy atom. The molecule has 0 saturated carbocycles. The number of benzene rings is 2. The molecular formula is C27H31N4O4PS. The van der Waals surface area contributed by atoms with E-state index in [0.29, 0.717) is 36.9 Å². The van der Waals surface area contributed by atoms with Crippen molar-refractivity contribution in [3.63, 3.8) is 0 Å². The second-order valence-corrected chi connectivity index (χ2v) is 15.2. The molecule has 1 saturated heterocycles. The lowest BCUT2D eigenvalue weighted by Gasteiger charge is -2.29. The first-order valence-electron chi connectivity index (χ1n) is 12.2. The second-order valence-electron chi connectivity index (χ2n) is 9.76. The zero-order valence-electron chi connectivity index (χ0n) is 21.3. The third kappa shape index (κ3) is 5.58. The molecule has 2 aliphatic rings. The lowest BCUT2D eigenvalue weighted by Crippen LogP contribution is -2.40. The predicted octanol–water partition coefficient (Wildman–Crippen LogP) is 3.87. The molecule has 37 heavy (non-hydrogen) atoms. The van der Waals surface area contributed by atoms with E-state index >= 15 is 0 Å². The summed E-state index contributed by atoms with van der Waals surface area (Å²) < 4.78 is 42.2. The summed E-state index contributed by atoms with van der Waals surface area (Å²) in [5, 5.41) is 4.22. The summed E-state index contributed by atoms with van der Waals surface area (Å²) in [4.78, 5) is 11.8. The van der Waals surface area contributed by atoms with E-state index in [4.69, 9.17) is 14.7 Å². The number of para-hydroxylation sites is 1. The highest BCUT2D eigenvalue weighted by Gasteiger charge is 2.23. The summed E-state index contributed by atoms with van der Waals surface area (Å²) in [6, 6.07) is 13.6. The van der Waals surface area contributed by atoms with Crippen LogP contribution in [0, 0.1) is 0 Å². The van der Waals surface area contributed by atoms with Crippen molar-refractivity contribution in [1.29, 1.82) is 0 Å². The van der Waals surface area contributed by atoms with Gasteiger partial charge in [0.15, 0.2) is 9.84 Å². The van der Waals surface area contributed by atoms with Crippen molar-refractivity contribution < 1.29 is 17.7 Å². The molecule has 0 bridgehead atoms. The number of anilines is 3. The molecule has 0 radical (unpaired) electrons. The number of nitrogens with zero attached hydrogens (tertiary/aromatic N) is 3. The largest absolute Gasteiger partial charge is 0.496 e. The Morgan fingerprint density at radius 3 is 2.57 bits per heavy atom. The average Bonchev–Trinajstić information content (AvgIpc) is 3.33. The van der Waals surface area contributed by atoms with Crippen molar-refractivity contribution in [2.24, 2.45) is 0 Å². The van der Waals surface area contributed by atoms with Crippen LogP contribution in [0.3, 0.4) is 0 Å². The predicted molar refractivity (Wildman–Crippen MR) is 150 cm³/mol. The van der Waals surface area contributed by atoms with Gasteiger partial charge >= 0.3 is 0 Å². The molecule has 10 heteroatoms. The standard InChI is InChI=1S/C27H31N4O4PS/c1-35-24-18-20(31-13-15-37(33,34)16-14-31)12-11-19(24)17-26-28-22-9-6-7-21(22)27(30-26)29-23-8-4-5-10-25(23)36(2,3)32/h4-8,10-12,18H,9,13-17H2,1-3H3,(H,28,29,30). The van der Waals surface area contributed by atoms with Crippen molar-refractivity contribution >= 4 is 45.6 Å². The zero-order valence-corrected chi connectivity index (χ0v) is 23.0. The van der Waals surface area contributed by atoms with Crippen LogP contribution in [0.25, 0.3) is 6.08 Å². The number of aromatic nitrogens is 2. The number of methoxy groups -OCH3 is 1. The number of sulfone groups is 1. The summed E-state index contributed by atoms with van der Waals surface area (Å²) in [6.07, 6.45) is 5.30. The van der Waals surface area contributed by atoms with Gasteiger partial charge in [0.1, 0.15) is 24.5 Å². The van der Waals surface area contributed by atoms with Crippen LogP contribution < -0.4 is 20.3 Å². The third-order valence-corrected chi connectivity index (χ3v) is 9.89. The van der Waals surface area contributed by atoms with E-state index < -0.39 is 17.0 Å². The van der Waals surface area contributed by atoms with Gasteiger partial charge < -0.3 is 19.5 Å². The van der Waals surface area contributed by atoms with Gasteiger partial charge in [-0.2, -0.15) is 0 Å². The molecule has 0 atom stereocenters. The van der Waals surface area contributed by atoms with Crippen LogP contribution in [0.2, 0.25) is 0 Å². The minimum absolute atomic E-state index is 0.165. The molecule has 1 fully saturated rings. The molecule has 2 heterocycles. The Balaban J connectivity index is 1.44.